The molecule has 7 heteroatoms. The van der Waals surface area contributed by atoms with E-state index < -0.39 is 0 Å². The van der Waals surface area contributed by atoms with E-state index in [-0.39, 0.29) is 6.03 Å². The number of anilines is 1. The first-order chi connectivity index (χ1) is 13.5. The van der Waals surface area contributed by atoms with Crippen molar-refractivity contribution in [1.29, 1.82) is 0 Å². The first kappa shape index (κ1) is 20.6. The van der Waals surface area contributed by atoms with Crippen molar-refractivity contribution in [1.82, 2.24) is 9.88 Å². The maximum atomic E-state index is 12.9. The van der Waals surface area contributed by atoms with E-state index in [4.69, 9.17) is 23.2 Å². The van der Waals surface area contributed by atoms with E-state index in [1.165, 1.54) is 0 Å². The molecule has 0 saturated carbocycles. The monoisotopic (exact) mass is 477 g/mol. The molecule has 2 amide bonds. The molecule has 0 unspecified atom stereocenters. The molecule has 0 atom stereocenters. The molecule has 0 fully saturated rings. The quantitative estimate of drug-likeness (QED) is 0.443. The largest absolute Gasteiger partial charge is 0.322 e. The summed E-state index contributed by atoms with van der Waals surface area (Å²) in [5.41, 5.74) is 2.56. The van der Waals surface area contributed by atoms with Gasteiger partial charge in [0, 0.05) is 41.6 Å². The van der Waals surface area contributed by atoms with Crippen molar-refractivity contribution >= 4 is 50.9 Å². The lowest BCUT2D eigenvalue weighted by molar-refractivity contribution is 0.209. The molecule has 0 bridgehead atoms. The molecule has 28 heavy (non-hydrogen) atoms. The van der Waals surface area contributed by atoms with Crippen LogP contribution >= 0.6 is 39.1 Å². The van der Waals surface area contributed by atoms with Crippen LogP contribution in [0.3, 0.4) is 0 Å². The summed E-state index contributed by atoms with van der Waals surface area (Å²) >= 11 is 15.5. The summed E-state index contributed by atoms with van der Waals surface area (Å²) in [6, 6.07) is 18.4. The van der Waals surface area contributed by atoms with E-state index in [0.29, 0.717) is 29.6 Å². The number of pyridine rings is 1. The number of urea groups is 1. The van der Waals surface area contributed by atoms with Crippen LogP contribution in [-0.2, 0) is 13.0 Å². The van der Waals surface area contributed by atoms with Gasteiger partial charge in [-0.25, -0.2) is 4.79 Å². The molecule has 3 aromatic rings. The topological polar surface area (TPSA) is 45.2 Å². The van der Waals surface area contributed by atoms with Crippen molar-refractivity contribution in [2.45, 2.75) is 13.0 Å². The third-order valence-electron chi connectivity index (χ3n) is 4.10. The first-order valence-corrected chi connectivity index (χ1v) is 10.2. The molecule has 144 valence electrons. The molecule has 4 nitrogen and oxygen atoms in total. The molecule has 0 saturated heterocycles. The van der Waals surface area contributed by atoms with Crippen LogP contribution in [-0.4, -0.2) is 22.5 Å². The number of hydrogen-bond donors (Lipinski definition) is 1. The Hall–Kier alpha value is -2.08. The van der Waals surface area contributed by atoms with Gasteiger partial charge >= 0.3 is 6.03 Å². The Morgan fingerprint density at radius 2 is 1.82 bits per heavy atom. The van der Waals surface area contributed by atoms with Gasteiger partial charge in [0.05, 0.1) is 10.0 Å². The van der Waals surface area contributed by atoms with Gasteiger partial charge in [-0.3, -0.25) is 4.98 Å². The number of aromatic nitrogens is 1. The molecule has 1 heterocycles. The summed E-state index contributed by atoms with van der Waals surface area (Å²) in [5.74, 6) is 0. The van der Waals surface area contributed by atoms with Crippen molar-refractivity contribution in [2.24, 2.45) is 0 Å². The van der Waals surface area contributed by atoms with Crippen molar-refractivity contribution in [3.8, 4) is 0 Å². The van der Waals surface area contributed by atoms with Gasteiger partial charge in [-0.05, 0) is 54.1 Å². The Morgan fingerprint density at radius 3 is 2.50 bits per heavy atom. The number of benzene rings is 2. The summed E-state index contributed by atoms with van der Waals surface area (Å²) in [6.07, 6.45) is 2.40. The minimum absolute atomic E-state index is 0.190. The second-order valence-electron chi connectivity index (χ2n) is 6.18. The number of hydrogen-bond acceptors (Lipinski definition) is 2. The number of nitrogens with one attached hydrogen (secondary N) is 1. The van der Waals surface area contributed by atoms with Crippen molar-refractivity contribution < 1.29 is 4.79 Å². The van der Waals surface area contributed by atoms with Crippen LogP contribution in [0, 0.1) is 0 Å². The van der Waals surface area contributed by atoms with Gasteiger partial charge in [-0.1, -0.05) is 51.3 Å². The van der Waals surface area contributed by atoms with Crippen LogP contribution in [0.4, 0.5) is 10.5 Å². The maximum Gasteiger partial charge on any atom is 0.322 e. The second kappa shape index (κ2) is 9.92. The Labute approximate surface area is 182 Å². The van der Waals surface area contributed by atoms with E-state index in [0.717, 1.165) is 21.4 Å². The zero-order chi connectivity index (χ0) is 19.9. The average Bonchev–Trinajstić information content (AvgIpc) is 2.70. The molecular weight excluding hydrogens is 461 g/mol. The van der Waals surface area contributed by atoms with Crippen molar-refractivity contribution in [3.63, 3.8) is 0 Å². The number of rotatable bonds is 6. The van der Waals surface area contributed by atoms with E-state index >= 15 is 0 Å². The van der Waals surface area contributed by atoms with Gasteiger partial charge in [0.1, 0.15) is 0 Å². The predicted octanol–water partition coefficient (Wildman–Crippen LogP) is 6.43. The molecule has 0 radical (unpaired) electrons. The maximum absolute atomic E-state index is 12.9. The highest BCUT2D eigenvalue weighted by Crippen LogP contribution is 2.23. The Kier molecular flexibility index (Phi) is 7.31. The molecule has 1 N–H and O–H groups in total. The summed E-state index contributed by atoms with van der Waals surface area (Å²) in [6.45, 7) is 0.922. The lowest BCUT2D eigenvalue weighted by Crippen LogP contribution is -2.36. The van der Waals surface area contributed by atoms with Gasteiger partial charge in [0.15, 0.2) is 0 Å². The zero-order valence-electron chi connectivity index (χ0n) is 14.9. The fourth-order valence-electron chi connectivity index (χ4n) is 2.64. The smallest absolute Gasteiger partial charge is 0.320 e. The minimum Gasteiger partial charge on any atom is -0.320 e. The average molecular weight is 479 g/mol. The van der Waals surface area contributed by atoms with Crippen LogP contribution in [0.15, 0.2) is 71.3 Å². The van der Waals surface area contributed by atoms with E-state index in [9.17, 15) is 4.79 Å². The highest BCUT2D eigenvalue weighted by atomic mass is 79.9. The highest BCUT2D eigenvalue weighted by Gasteiger charge is 2.15. The van der Waals surface area contributed by atoms with Gasteiger partial charge < -0.3 is 10.2 Å². The summed E-state index contributed by atoms with van der Waals surface area (Å²) < 4.78 is 0.952. The van der Waals surface area contributed by atoms with Crippen molar-refractivity contribution in [2.75, 3.05) is 11.9 Å². The summed E-state index contributed by atoms with van der Waals surface area (Å²) in [5, 5.41) is 3.90. The summed E-state index contributed by atoms with van der Waals surface area (Å²) in [4.78, 5) is 19.0. The molecule has 0 aliphatic carbocycles. The predicted molar refractivity (Wildman–Crippen MR) is 118 cm³/mol. The van der Waals surface area contributed by atoms with E-state index in [1.807, 2.05) is 48.5 Å². The fourth-order valence-corrected chi connectivity index (χ4v) is 3.23. The number of carbonyl (C=O) groups excluding carboxylic acids is 1. The van der Waals surface area contributed by atoms with Crippen LogP contribution < -0.4 is 5.32 Å². The Bertz CT molecular complexity index is 936. The molecule has 3 rings (SSSR count). The van der Waals surface area contributed by atoms with Gasteiger partial charge in [0.2, 0.25) is 0 Å². The third-order valence-corrected chi connectivity index (χ3v) is 5.37. The number of halogens is 3. The normalized spacial score (nSPS) is 10.5. The standard InChI is InChI=1S/C21H18BrCl2N3O/c22-16-5-7-18(8-6-16)26-21(28)27(12-10-17-3-1-2-11-25-17)14-15-4-9-19(23)20(24)13-15/h1-9,11,13H,10,12,14H2,(H,26,28). The lowest BCUT2D eigenvalue weighted by atomic mass is 10.2. The van der Waals surface area contributed by atoms with E-state index in [1.54, 1.807) is 23.2 Å². The molecule has 1 aromatic heterocycles. The SMILES string of the molecule is O=C(Nc1ccc(Br)cc1)N(CCc1ccccn1)Cc1ccc(Cl)c(Cl)c1. The molecule has 2 aromatic carbocycles. The Balaban J connectivity index is 1.74. The second-order valence-corrected chi connectivity index (χ2v) is 7.91. The van der Waals surface area contributed by atoms with Gasteiger partial charge in [-0.15, -0.1) is 0 Å². The number of nitrogens with zero attached hydrogens (tertiary/aromatic N) is 2. The minimum atomic E-state index is -0.190. The lowest BCUT2D eigenvalue weighted by Gasteiger charge is -2.23. The summed E-state index contributed by atoms with van der Waals surface area (Å²) in [7, 11) is 0. The first-order valence-electron chi connectivity index (χ1n) is 8.66. The third kappa shape index (κ3) is 5.96. The Morgan fingerprint density at radius 1 is 1.04 bits per heavy atom. The molecule has 0 aliphatic rings. The molecule has 0 spiro atoms. The van der Waals surface area contributed by atoms with E-state index in [2.05, 4.69) is 26.2 Å². The van der Waals surface area contributed by atoms with Crippen LogP contribution in [0.5, 0.6) is 0 Å². The zero-order valence-corrected chi connectivity index (χ0v) is 18.0. The van der Waals surface area contributed by atoms with Gasteiger partial charge in [0.25, 0.3) is 0 Å². The van der Waals surface area contributed by atoms with Gasteiger partial charge in [-0.2, -0.15) is 0 Å². The highest BCUT2D eigenvalue weighted by molar-refractivity contribution is 9.10. The number of carbonyl (C=O) groups is 1. The van der Waals surface area contributed by atoms with Crippen LogP contribution in [0.1, 0.15) is 11.3 Å². The fraction of sp³-hybridized carbons (Fsp3) is 0.143. The van der Waals surface area contributed by atoms with Crippen LogP contribution in [0.25, 0.3) is 0 Å². The molecular formula is C21H18BrCl2N3O. The van der Waals surface area contributed by atoms with Crippen molar-refractivity contribution in [3.05, 3.63) is 92.6 Å². The van der Waals surface area contributed by atoms with Crippen LogP contribution in [0.2, 0.25) is 10.0 Å². The number of amides is 2. The molecule has 0 aliphatic heterocycles.